The SMILES string of the molecule is C/C(=C\c1c(-c2ccc(N)nc2)ccnc1C)CN1CCC(c2ccc(C=[N+]3CCC(CN4CCN(Cc5ccc6c(c5)N(C5CCC(=O)NC5=O)C(C)ON6C)CC4)CC3)cc2)CC1. The maximum absolute atomic E-state index is 12.9. The molecule has 2 amide bonds. The average molecular weight is 880 g/mol. The molecular formula is C52H67N10O3+. The number of benzene rings is 2. The van der Waals surface area contributed by atoms with Gasteiger partial charge in [-0.2, -0.15) is 0 Å². The highest BCUT2D eigenvalue weighted by atomic mass is 16.7. The van der Waals surface area contributed by atoms with Crippen LogP contribution in [0.5, 0.6) is 0 Å². The number of hydrogen-bond donors (Lipinski definition) is 2. The number of pyridine rings is 2. The summed E-state index contributed by atoms with van der Waals surface area (Å²) in [5.74, 6) is 1.42. The van der Waals surface area contributed by atoms with Gasteiger partial charge in [0.2, 0.25) is 11.8 Å². The number of anilines is 3. The summed E-state index contributed by atoms with van der Waals surface area (Å²) < 4.78 is 2.53. The number of aromatic nitrogens is 2. The maximum atomic E-state index is 12.9. The van der Waals surface area contributed by atoms with Crippen molar-refractivity contribution in [3.8, 4) is 11.1 Å². The van der Waals surface area contributed by atoms with Crippen LogP contribution in [0.15, 0.2) is 78.6 Å². The number of hydrogen-bond acceptors (Lipinski definition) is 11. The lowest BCUT2D eigenvalue weighted by Gasteiger charge is -2.45. The Bertz CT molecular complexity index is 2370. The van der Waals surface area contributed by atoms with E-state index in [1.165, 1.54) is 54.5 Å². The highest BCUT2D eigenvalue weighted by molar-refractivity contribution is 6.02. The Morgan fingerprint density at radius 1 is 0.877 bits per heavy atom. The summed E-state index contributed by atoms with van der Waals surface area (Å²) in [6, 6.07) is 21.4. The maximum Gasteiger partial charge on any atom is 0.249 e. The monoisotopic (exact) mass is 880 g/mol. The molecular weight excluding hydrogens is 813 g/mol. The standard InChI is InChI=1S/C52H66N10O3/c1-36(29-46-37(2)54-20-15-45(46)44-10-13-50(53)55-31-44)32-58-23-18-43(19-24-58)42-8-5-39(6-9-42)33-59-21-16-40(17-22-59)34-60-25-27-61(28-26-60)35-41-7-11-47-49(30-41)62(38(3)65-57(47)4)48-12-14-51(63)56-52(48)64/h5-11,13,15,20,29-31,33,38,40,43,48H,12,14,16-19,21-28,32,34-35H2,1-4H3,(H2-,53,54,55,56,63,64)/p+1/b36-29+,59-33?. The first kappa shape index (κ1) is 44.7. The molecule has 0 radical (unpaired) electrons. The van der Waals surface area contributed by atoms with E-state index < -0.39 is 6.04 Å². The molecule has 65 heavy (non-hydrogen) atoms. The third-order valence-electron chi connectivity index (χ3n) is 14.4. The van der Waals surface area contributed by atoms with Crippen LogP contribution in [0.2, 0.25) is 0 Å². The van der Waals surface area contributed by atoms with Crippen molar-refractivity contribution in [2.75, 3.05) is 88.2 Å². The first-order chi connectivity index (χ1) is 31.5. The van der Waals surface area contributed by atoms with Gasteiger partial charge in [-0.3, -0.25) is 34.8 Å². The van der Waals surface area contributed by atoms with Crippen LogP contribution in [-0.4, -0.2) is 132 Å². The van der Waals surface area contributed by atoms with Crippen LogP contribution < -0.4 is 21.0 Å². The van der Waals surface area contributed by atoms with Gasteiger partial charge in [0.05, 0.1) is 11.4 Å². The van der Waals surface area contributed by atoms with Crippen LogP contribution in [0.1, 0.15) is 86.2 Å². The van der Waals surface area contributed by atoms with Gasteiger partial charge in [-0.1, -0.05) is 29.8 Å². The molecule has 4 aromatic rings. The minimum Gasteiger partial charge on any atom is -0.384 e. The van der Waals surface area contributed by atoms with E-state index in [4.69, 9.17) is 10.6 Å². The number of nitrogens with two attached hydrogens (primary N) is 1. The predicted octanol–water partition coefficient (Wildman–Crippen LogP) is 6.32. The Labute approximate surface area is 384 Å². The molecule has 3 N–H and O–H groups in total. The number of nitrogen functional groups attached to an aromatic ring is 1. The van der Waals surface area contributed by atoms with Crippen molar-refractivity contribution < 1.29 is 19.0 Å². The molecule has 2 aromatic carbocycles. The number of piperidine rings is 3. The number of likely N-dealkylation sites (tertiary alicyclic amines) is 1. The molecule has 4 fully saturated rings. The third-order valence-corrected chi connectivity index (χ3v) is 14.4. The van der Waals surface area contributed by atoms with E-state index in [9.17, 15) is 9.59 Å². The molecule has 4 saturated heterocycles. The van der Waals surface area contributed by atoms with E-state index in [0.29, 0.717) is 24.6 Å². The minimum atomic E-state index is -0.436. The summed E-state index contributed by atoms with van der Waals surface area (Å²) in [7, 11) is 1.91. The number of amides is 2. The van der Waals surface area contributed by atoms with Crippen LogP contribution in [0.4, 0.5) is 17.2 Å². The van der Waals surface area contributed by atoms with Gasteiger partial charge >= 0.3 is 0 Å². The number of hydroxylamine groups is 1. The summed E-state index contributed by atoms with van der Waals surface area (Å²) in [6.45, 7) is 18.0. The molecule has 0 saturated carbocycles. The van der Waals surface area contributed by atoms with Gasteiger partial charge in [0.25, 0.3) is 0 Å². The zero-order valence-electron chi connectivity index (χ0n) is 38.8. The van der Waals surface area contributed by atoms with E-state index in [1.807, 2.05) is 43.4 Å². The highest BCUT2D eigenvalue weighted by Crippen LogP contribution is 2.39. The summed E-state index contributed by atoms with van der Waals surface area (Å²) in [5.41, 5.74) is 17.5. The average Bonchev–Trinajstić information content (AvgIpc) is 3.30. The molecule has 5 aliphatic rings. The molecule has 9 rings (SSSR count). The van der Waals surface area contributed by atoms with Crippen molar-refractivity contribution in [3.05, 3.63) is 107 Å². The Morgan fingerprint density at radius 3 is 2.35 bits per heavy atom. The second-order valence-electron chi connectivity index (χ2n) is 19.1. The quantitative estimate of drug-likeness (QED) is 0.130. The van der Waals surface area contributed by atoms with E-state index >= 15 is 0 Å². The molecule has 2 aromatic heterocycles. The molecule has 2 unspecified atom stereocenters. The summed E-state index contributed by atoms with van der Waals surface area (Å²) in [5, 5.41) is 4.32. The first-order valence-electron chi connectivity index (χ1n) is 23.9. The smallest absolute Gasteiger partial charge is 0.249 e. The molecule has 342 valence electrons. The molecule has 0 spiro atoms. The second-order valence-corrected chi connectivity index (χ2v) is 19.1. The zero-order valence-corrected chi connectivity index (χ0v) is 38.8. The summed E-state index contributed by atoms with van der Waals surface area (Å²) in [4.78, 5) is 49.6. The van der Waals surface area contributed by atoms with Gasteiger partial charge in [-0.25, -0.2) is 14.4 Å². The molecule has 7 heterocycles. The fraction of sp³-hybridized carbons (Fsp3) is 0.481. The van der Waals surface area contributed by atoms with Crippen molar-refractivity contribution in [2.24, 2.45) is 5.92 Å². The van der Waals surface area contributed by atoms with Crippen molar-refractivity contribution >= 4 is 41.3 Å². The van der Waals surface area contributed by atoms with Crippen molar-refractivity contribution in [1.29, 1.82) is 0 Å². The van der Waals surface area contributed by atoms with E-state index in [1.54, 1.807) is 5.06 Å². The molecule has 0 bridgehead atoms. The number of fused-ring (bicyclic) bond motifs is 1. The van der Waals surface area contributed by atoms with Crippen molar-refractivity contribution in [1.82, 2.24) is 30.0 Å². The number of imide groups is 1. The summed E-state index contributed by atoms with van der Waals surface area (Å²) in [6.07, 6.45) is 13.7. The lowest BCUT2D eigenvalue weighted by atomic mass is 9.89. The number of piperazine rings is 1. The molecule has 2 atom stereocenters. The number of carbonyl (C=O) groups is 2. The number of nitrogens with one attached hydrogen (secondary N) is 1. The number of nitrogens with zero attached hydrogens (tertiary/aromatic N) is 8. The van der Waals surface area contributed by atoms with Gasteiger partial charge in [-0.05, 0) is 124 Å². The Balaban J connectivity index is 0.706. The van der Waals surface area contributed by atoms with Gasteiger partial charge in [-0.15, -0.1) is 0 Å². The van der Waals surface area contributed by atoms with Crippen LogP contribution in [0.3, 0.4) is 0 Å². The van der Waals surface area contributed by atoms with Crippen molar-refractivity contribution in [2.45, 2.75) is 84.0 Å². The number of aryl methyl sites for hydroxylation is 1. The molecule has 13 nitrogen and oxygen atoms in total. The largest absolute Gasteiger partial charge is 0.384 e. The van der Waals surface area contributed by atoms with Crippen LogP contribution in [0.25, 0.3) is 17.2 Å². The highest BCUT2D eigenvalue weighted by Gasteiger charge is 2.39. The topological polar surface area (TPSA) is 126 Å². The van der Waals surface area contributed by atoms with Gasteiger partial charge in [0, 0.05) is 107 Å². The van der Waals surface area contributed by atoms with E-state index in [0.717, 1.165) is 105 Å². The van der Waals surface area contributed by atoms with Gasteiger partial charge < -0.3 is 15.5 Å². The Morgan fingerprint density at radius 2 is 1.63 bits per heavy atom. The zero-order chi connectivity index (χ0) is 45.0. The normalized spacial score (nSPS) is 23.1. The van der Waals surface area contributed by atoms with Gasteiger partial charge in [0.1, 0.15) is 24.9 Å². The van der Waals surface area contributed by atoms with Crippen LogP contribution in [0, 0.1) is 12.8 Å². The fourth-order valence-electron chi connectivity index (χ4n) is 10.8. The lowest BCUT2D eigenvalue weighted by molar-refractivity contribution is -0.536. The lowest BCUT2D eigenvalue weighted by Crippen LogP contribution is -2.58. The predicted molar refractivity (Wildman–Crippen MR) is 259 cm³/mol. The van der Waals surface area contributed by atoms with Gasteiger partial charge in [0.15, 0.2) is 12.4 Å². The fourth-order valence-corrected chi connectivity index (χ4v) is 10.8. The second kappa shape index (κ2) is 20.0. The molecule has 5 aliphatic heterocycles. The van der Waals surface area contributed by atoms with E-state index in [2.05, 4.69) is 109 Å². The van der Waals surface area contributed by atoms with Crippen LogP contribution in [-0.2, 0) is 21.0 Å². The number of carbonyl (C=O) groups excluding carboxylic acids is 2. The molecule has 0 aliphatic carbocycles. The summed E-state index contributed by atoms with van der Waals surface area (Å²) >= 11 is 0. The van der Waals surface area contributed by atoms with Crippen molar-refractivity contribution in [3.63, 3.8) is 0 Å². The third kappa shape index (κ3) is 10.6. The molecule has 13 heteroatoms. The van der Waals surface area contributed by atoms with Crippen LogP contribution >= 0.6 is 0 Å². The Hall–Kier alpha value is -5.47. The number of rotatable bonds is 11. The first-order valence-corrected chi connectivity index (χ1v) is 23.9. The minimum absolute atomic E-state index is 0.204. The van der Waals surface area contributed by atoms with E-state index in [-0.39, 0.29) is 18.0 Å². The Kier molecular flexibility index (Phi) is 13.7.